The number of likely N-dealkylation sites (N-methyl/N-ethyl adjacent to an activating group) is 1. The van der Waals surface area contributed by atoms with Crippen molar-refractivity contribution >= 4 is 21.4 Å². The van der Waals surface area contributed by atoms with Gasteiger partial charge in [-0.25, -0.2) is 13.1 Å². The van der Waals surface area contributed by atoms with Gasteiger partial charge in [0.25, 0.3) is 0 Å². The molecular formula is C13H25N3O2S2. The Labute approximate surface area is 126 Å². The van der Waals surface area contributed by atoms with Crippen LogP contribution in [0.1, 0.15) is 25.6 Å². The number of rotatable bonds is 9. The first kappa shape index (κ1) is 17.6. The molecule has 0 unspecified atom stereocenters. The summed E-state index contributed by atoms with van der Waals surface area (Å²) in [5.74, 6) is 0. The molecule has 0 aliphatic heterocycles. The number of nitrogens with one attached hydrogen (secondary N) is 2. The van der Waals surface area contributed by atoms with Crippen LogP contribution in [-0.2, 0) is 16.6 Å². The molecule has 1 aromatic heterocycles. The van der Waals surface area contributed by atoms with Gasteiger partial charge in [-0.2, -0.15) is 0 Å². The first-order chi connectivity index (χ1) is 9.36. The molecule has 0 aliphatic carbocycles. The normalized spacial score (nSPS) is 12.5. The number of nitrogens with zero attached hydrogens (tertiary/aromatic N) is 1. The van der Waals surface area contributed by atoms with E-state index < -0.39 is 10.0 Å². The van der Waals surface area contributed by atoms with Crippen molar-refractivity contribution in [2.24, 2.45) is 0 Å². The molecule has 0 aliphatic rings. The summed E-state index contributed by atoms with van der Waals surface area (Å²) in [6.45, 7) is 8.76. The molecule has 116 valence electrons. The summed E-state index contributed by atoms with van der Waals surface area (Å²) >= 11 is 1.47. The largest absolute Gasteiger partial charge is 0.310 e. The molecule has 1 heterocycles. The van der Waals surface area contributed by atoms with Crippen LogP contribution in [0.5, 0.6) is 0 Å². The highest BCUT2D eigenvalue weighted by Gasteiger charge is 2.19. The SMILES string of the molecule is CCN(C)CCNS(=O)(=O)c1ccsc1CNC(C)C. The zero-order valence-corrected chi connectivity index (χ0v) is 14.3. The summed E-state index contributed by atoms with van der Waals surface area (Å²) < 4.78 is 27.2. The van der Waals surface area contributed by atoms with Crippen LogP contribution in [0.2, 0.25) is 0 Å². The molecule has 1 rings (SSSR count). The van der Waals surface area contributed by atoms with Crippen LogP contribution in [0.15, 0.2) is 16.3 Å². The molecule has 2 N–H and O–H groups in total. The fourth-order valence-corrected chi connectivity index (χ4v) is 4.01. The van der Waals surface area contributed by atoms with Gasteiger partial charge < -0.3 is 10.2 Å². The molecule has 0 aromatic carbocycles. The fraction of sp³-hybridized carbons (Fsp3) is 0.692. The molecule has 7 heteroatoms. The van der Waals surface area contributed by atoms with Gasteiger partial charge >= 0.3 is 0 Å². The second-order valence-electron chi connectivity index (χ2n) is 5.04. The van der Waals surface area contributed by atoms with Gasteiger partial charge in [0.1, 0.15) is 0 Å². The van der Waals surface area contributed by atoms with E-state index in [0.29, 0.717) is 30.6 Å². The summed E-state index contributed by atoms with van der Waals surface area (Å²) in [5.41, 5.74) is 0. The van der Waals surface area contributed by atoms with E-state index in [0.717, 1.165) is 11.4 Å². The van der Waals surface area contributed by atoms with Gasteiger partial charge in [0.05, 0.1) is 4.90 Å². The third kappa shape index (κ3) is 5.49. The molecule has 0 atom stereocenters. The van der Waals surface area contributed by atoms with Crippen molar-refractivity contribution in [2.45, 2.75) is 38.3 Å². The third-order valence-electron chi connectivity index (χ3n) is 2.99. The summed E-state index contributed by atoms with van der Waals surface area (Å²) in [4.78, 5) is 3.32. The zero-order valence-electron chi connectivity index (χ0n) is 12.6. The van der Waals surface area contributed by atoms with Gasteiger partial charge in [-0.3, -0.25) is 0 Å². The van der Waals surface area contributed by atoms with Crippen LogP contribution in [0.25, 0.3) is 0 Å². The van der Waals surface area contributed by atoms with Gasteiger partial charge in [0.2, 0.25) is 10.0 Å². The lowest BCUT2D eigenvalue weighted by molar-refractivity contribution is 0.358. The number of sulfonamides is 1. The van der Waals surface area contributed by atoms with E-state index in [1.807, 2.05) is 33.2 Å². The minimum atomic E-state index is -3.41. The van der Waals surface area contributed by atoms with Crippen LogP contribution in [0.3, 0.4) is 0 Å². The first-order valence-electron chi connectivity index (χ1n) is 6.84. The van der Waals surface area contributed by atoms with Gasteiger partial charge in [-0.05, 0) is 25.0 Å². The van der Waals surface area contributed by atoms with Crippen LogP contribution in [0.4, 0.5) is 0 Å². The van der Waals surface area contributed by atoms with E-state index >= 15 is 0 Å². The Morgan fingerprint density at radius 2 is 2.10 bits per heavy atom. The third-order valence-corrected chi connectivity index (χ3v) is 5.59. The van der Waals surface area contributed by atoms with E-state index in [1.54, 1.807) is 6.07 Å². The summed E-state index contributed by atoms with van der Waals surface area (Å²) in [7, 11) is -1.44. The summed E-state index contributed by atoms with van der Waals surface area (Å²) in [6, 6.07) is 2.01. The molecule has 5 nitrogen and oxygen atoms in total. The number of hydrogen-bond acceptors (Lipinski definition) is 5. The molecule has 0 fully saturated rings. The van der Waals surface area contributed by atoms with Crippen LogP contribution >= 0.6 is 11.3 Å². The van der Waals surface area contributed by atoms with Crippen molar-refractivity contribution in [3.8, 4) is 0 Å². The highest BCUT2D eigenvalue weighted by molar-refractivity contribution is 7.89. The molecule has 0 bridgehead atoms. The predicted octanol–water partition coefficient (Wildman–Crippen LogP) is 1.48. The Morgan fingerprint density at radius 3 is 2.70 bits per heavy atom. The summed E-state index contributed by atoms with van der Waals surface area (Å²) in [6.07, 6.45) is 0. The Balaban J connectivity index is 2.65. The maximum Gasteiger partial charge on any atom is 0.241 e. The van der Waals surface area contributed by atoms with Crippen molar-refractivity contribution in [3.63, 3.8) is 0 Å². The molecule has 0 radical (unpaired) electrons. The van der Waals surface area contributed by atoms with Crippen molar-refractivity contribution < 1.29 is 8.42 Å². The van der Waals surface area contributed by atoms with Crippen LogP contribution < -0.4 is 10.0 Å². The van der Waals surface area contributed by atoms with Crippen molar-refractivity contribution in [1.29, 1.82) is 0 Å². The zero-order chi connectivity index (χ0) is 15.2. The molecule has 0 saturated heterocycles. The van der Waals surface area contributed by atoms with Gasteiger partial charge in [0, 0.05) is 30.6 Å². The summed E-state index contributed by atoms with van der Waals surface area (Å²) in [5, 5.41) is 5.08. The molecular weight excluding hydrogens is 294 g/mol. The quantitative estimate of drug-likeness (QED) is 0.724. The Kier molecular flexibility index (Phi) is 7.11. The smallest absolute Gasteiger partial charge is 0.241 e. The fourth-order valence-electron chi connectivity index (χ4n) is 1.60. The van der Waals surface area contributed by atoms with Gasteiger partial charge in [0.15, 0.2) is 0 Å². The van der Waals surface area contributed by atoms with E-state index in [2.05, 4.69) is 14.9 Å². The van der Waals surface area contributed by atoms with E-state index in [4.69, 9.17) is 0 Å². The molecule has 0 spiro atoms. The van der Waals surface area contributed by atoms with Crippen molar-refractivity contribution in [1.82, 2.24) is 14.9 Å². The maximum absolute atomic E-state index is 12.3. The van der Waals surface area contributed by atoms with Gasteiger partial charge in [-0.1, -0.05) is 20.8 Å². The van der Waals surface area contributed by atoms with E-state index in [9.17, 15) is 8.42 Å². The predicted molar refractivity (Wildman–Crippen MR) is 84.7 cm³/mol. The highest BCUT2D eigenvalue weighted by Crippen LogP contribution is 2.21. The van der Waals surface area contributed by atoms with Crippen molar-refractivity contribution in [2.75, 3.05) is 26.7 Å². The van der Waals surface area contributed by atoms with E-state index in [-0.39, 0.29) is 0 Å². The maximum atomic E-state index is 12.3. The topological polar surface area (TPSA) is 61.4 Å². The standard InChI is InChI=1S/C13H25N3O2S2/c1-5-16(4)8-7-15-20(17,18)13-6-9-19-12(13)10-14-11(2)3/h6,9,11,14-15H,5,7-8,10H2,1-4H3. The average molecular weight is 319 g/mol. The lowest BCUT2D eigenvalue weighted by Gasteiger charge is -2.14. The van der Waals surface area contributed by atoms with Crippen LogP contribution in [-0.4, -0.2) is 46.0 Å². The van der Waals surface area contributed by atoms with E-state index in [1.165, 1.54) is 11.3 Å². The number of thiophene rings is 1. The van der Waals surface area contributed by atoms with Crippen molar-refractivity contribution in [3.05, 3.63) is 16.3 Å². The first-order valence-corrected chi connectivity index (χ1v) is 9.21. The van der Waals surface area contributed by atoms with Gasteiger partial charge in [-0.15, -0.1) is 11.3 Å². The number of hydrogen-bond donors (Lipinski definition) is 2. The average Bonchev–Trinajstić information content (AvgIpc) is 2.85. The highest BCUT2D eigenvalue weighted by atomic mass is 32.2. The Bertz CT molecular complexity index is 497. The second kappa shape index (κ2) is 8.09. The molecule has 1 aromatic rings. The monoisotopic (exact) mass is 319 g/mol. The lowest BCUT2D eigenvalue weighted by atomic mass is 10.4. The molecule has 0 saturated carbocycles. The Hall–Kier alpha value is -0.470. The minimum absolute atomic E-state index is 0.332. The lowest BCUT2D eigenvalue weighted by Crippen LogP contribution is -2.33. The minimum Gasteiger partial charge on any atom is -0.310 e. The molecule has 20 heavy (non-hydrogen) atoms. The second-order valence-corrected chi connectivity index (χ2v) is 7.77. The molecule has 0 amide bonds. The Morgan fingerprint density at radius 1 is 1.40 bits per heavy atom. The van der Waals surface area contributed by atoms with Crippen LogP contribution in [0, 0.1) is 0 Å².